The molecule has 7 heteroatoms. The minimum absolute atomic E-state index is 0.330. The predicted molar refractivity (Wildman–Crippen MR) is 116 cm³/mol. The Morgan fingerprint density at radius 3 is 2.60 bits per heavy atom. The molecule has 0 saturated carbocycles. The Morgan fingerprint density at radius 1 is 1.10 bits per heavy atom. The van der Waals surface area contributed by atoms with Crippen molar-refractivity contribution in [3.05, 3.63) is 57.9 Å². The van der Waals surface area contributed by atoms with Crippen LogP contribution in [0.25, 0.3) is 5.57 Å². The van der Waals surface area contributed by atoms with Crippen molar-refractivity contribution >= 4 is 40.4 Å². The highest BCUT2D eigenvalue weighted by molar-refractivity contribution is 7.11. The number of benzene rings is 1. The van der Waals surface area contributed by atoms with Crippen LogP contribution in [0.3, 0.4) is 0 Å². The van der Waals surface area contributed by atoms with Crippen LogP contribution in [0, 0.1) is 0 Å². The van der Waals surface area contributed by atoms with Gasteiger partial charge >= 0.3 is 5.97 Å². The first-order valence-electron chi connectivity index (χ1n) is 10.3. The molecule has 0 spiro atoms. The third kappa shape index (κ3) is 3.77. The highest BCUT2D eigenvalue weighted by Gasteiger charge is 2.43. The summed E-state index contributed by atoms with van der Waals surface area (Å²) in [5.41, 5.74) is 1.64. The van der Waals surface area contributed by atoms with Crippen molar-refractivity contribution in [2.24, 2.45) is 0 Å². The molecular weight excluding hydrogens is 400 g/mol. The van der Waals surface area contributed by atoms with Gasteiger partial charge in [0.2, 0.25) is 0 Å². The summed E-state index contributed by atoms with van der Waals surface area (Å²) in [4.78, 5) is 43.1. The molecule has 0 bridgehead atoms. The first kappa shape index (κ1) is 20.3. The second-order valence-corrected chi connectivity index (χ2v) is 8.33. The van der Waals surface area contributed by atoms with Crippen molar-refractivity contribution in [3.8, 4) is 0 Å². The SMILES string of the molecule is CCCCOC(=O)c1cccc(N2C(=O)C(c3cccs3)=C(N3CCCC3)C2=O)c1. The number of hydrogen-bond donors (Lipinski definition) is 0. The number of anilines is 1. The van der Waals surface area contributed by atoms with E-state index in [1.165, 1.54) is 16.2 Å². The van der Waals surface area contributed by atoms with Crippen LogP contribution >= 0.6 is 11.3 Å². The Labute approximate surface area is 179 Å². The van der Waals surface area contributed by atoms with E-state index in [0.717, 1.165) is 43.6 Å². The topological polar surface area (TPSA) is 66.9 Å². The first-order valence-corrected chi connectivity index (χ1v) is 11.2. The van der Waals surface area contributed by atoms with Crippen LogP contribution in [0.2, 0.25) is 0 Å². The molecule has 1 aromatic carbocycles. The minimum Gasteiger partial charge on any atom is -0.462 e. The van der Waals surface area contributed by atoms with E-state index in [9.17, 15) is 14.4 Å². The van der Waals surface area contributed by atoms with Gasteiger partial charge in [-0.3, -0.25) is 9.59 Å². The van der Waals surface area contributed by atoms with Crippen molar-refractivity contribution in [2.75, 3.05) is 24.6 Å². The standard InChI is InChI=1S/C23H24N2O4S/c1-2-3-13-29-23(28)16-8-6-9-17(15-16)25-21(26)19(18-10-7-14-30-18)20(22(25)27)24-11-4-5-12-24/h6-10,14-15H,2-5,11-13H2,1H3. The summed E-state index contributed by atoms with van der Waals surface area (Å²) in [6, 6.07) is 10.3. The van der Waals surface area contributed by atoms with Gasteiger partial charge < -0.3 is 9.64 Å². The lowest BCUT2D eigenvalue weighted by atomic mass is 10.1. The number of nitrogens with zero attached hydrogens (tertiary/aromatic N) is 2. The highest BCUT2D eigenvalue weighted by Crippen LogP contribution is 2.37. The summed E-state index contributed by atoms with van der Waals surface area (Å²) >= 11 is 1.45. The quantitative estimate of drug-likeness (QED) is 0.381. The van der Waals surface area contributed by atoms with Crippen molar-refractivity contribution in [1.82, 2.24) is 4.90 Å². The number of rotatable bonds is 7. The van der Waals surface area contributed by atoms with Crippen LogP contribution in [0.4, 0.5) is 5.69 Å². The van der Waals surface area contributed by atoms with E-state index in [4.69, 9.17) is 4.74 Å². The number of likely N-dealkylation sites (tertiary alicyclic amines) is 1. The lowest BCUT2D eigenvalue weighted by molar-refractivity contribution is -0.120. The fourth-order valence-electron chi connectivity index (χ4n) is 3.79. The lowest BCUT2D eigenvalue weighted by Gasteiger charge is -2.20. The summed E-state index contributed by atoms with van der Waals surface area (Å²) in [5.74, 6) is -1.13. The molecule has 0 atom stereocenters. The number of imide groups is 1. The summed E-state index contributed by atoms with van der Waals surface area (Å²) in [5, 5.41) is 1.90. The summed E-state index contributed by atoms with van der Waals surface area (Å²) in [7, 11) is 0. The molecule has 1 fully saturated rings. The number of amides is 2. The van der Waals surface area contributed by atoms with Crippen LogP contribution < -0.4 is 4.90 Å². The zero-order valence-electron chi connectivity index (χ0n) is 16.9. The highest BCUT2D eigenvalue weighted by atomic mass is 32.1. The summed E-state index contributed by atoms with van der Waals surface area (Å²) < 4.78 is 5.28. The second kappa shape index (κ2) is 8.83. The average Bonchev–Trinajstić information content (AvgIpc) is 3.49. The fraction of sp³-hybridized carbons (Fsp3) is 0.348. The van der Waals surface area contributed by atoms with Crippen molar-refractivity contribution in [1.29, 1.82) is 0 Å². The van der Waals surface area contributed by atoms with E-state index in [0.29, 0.717) is 29.1 Å². The van der Waals surface area contributed by atoms with Crippen molar-refractivity contribution in [2.45, 2.75) is 32.6 Å². The molecule has 0 N–H and O–H groups in total. The molecule has 30 heavy (non-hydrogen) atoms. The van der Waals surface area contributed by atoms with Crippen LogP contribution in [0.1, 0.15) is 47.8 Å². The molecule has 2 aliphatic rings. The third-order valence-electron chi connectivity index (χ3n) is 5.32. The number of unbranched alkanes of at least 4 members (excludes halogenated alkanes) is 1. The maximum atomic E-state index is 13.4. The Kier molecular flexibility index (Phi) is 5.99. The van der Waals surface area contributed by atoms with Gasteiger partial charge in [0.05, 0.1) is 23.4 Å². The van der Waals surface area contributed by atoms with Gasteiger partial charge in [-0.15, -0.1) is 11.3 Å². The predicted octanol–water partition coefficient (Wildman–Crippen LogP) is 4.09. The minimum atomic E-state index is -0.449. The molecule has 0 unspecified atom stereocenters. The second-order valence-electron chi connectivity index (χ2n) is 7.38. The van der Waals surface area contributed by atoms with Crippen LogP contribution in [-0.4, -0.2) is 42.4 Å². The van der Waals surface area contributed by atoms with Crippen LogP contribution in [0.15, 0.2) is 47.5 Å². The van der Waals surface area contributed by atoms with E-state index in [2.05, 4.69) is 0 Å². The van der Waals surface area contributed by atoms with Gasteiger partial charge in [-0.05, 0) is 48.9 Å². The summed E-state index contributed by atoms with van der Waals surface area (Å²) in [6.45, 7) is 3.90. The molecule has 0 radical (unpaired) electrons. The van der Waals surface area contributed by atoms with E-state index in [1.807, 2.05) is 29.3 Å². The molecule has 4 rings (SSSR count). The molecule has 2 aliphatic heterocycles. The Balaban J connectivity index is 1.66. The van der Waals surface area contributed by atoms with Crippen LogP contribution in [0.5, 0.6) is 0 Å². The van der Waals surface area contributed by atoms with Crippen molar-refractivity contribution in [3.63, 3.8) is 0 Å². The monoisotopic (exact) mass is 424 g/mol. The smallest absolute Gasteiger partial charge is 0.338 e. The van der Waals surface area contributed by atoms with Gasteiger partial charge in [-0.25, -0.2) is 9.69 Å². The van der Waals surface area contributed by atoms with Gasteiger partial charge in [-0.1, -0.05) is 25.5 Å². The van der Waals surface area contributed by atoms with Gasteiger partial charge in [0.1, 0.15) is 5.70 Å². The maximum Gasteiger partial charge on any atom is 0.338 e. The van der Waals surface area contributed by atoms with Crippen LogP contribution in [-0.2, 0) is 14.3 Å². The first-order chi connectivity index (χ1) is 14.6. The molecule has 6 nitrogen and oxygen atoms in total. The summed E-state index contributed by atoms with van der Waals surface area (Å²) in [6.07, 6.45) is 3.73. The largest absolute Gasteiger partial charge is 0.462 e. The van der Waals surface area contributed by atoms with Gasteiger partial charge in [0, 0.05) is 18.0 Å². The Morgan fingerprint density at radius 2 is 1.90 bits per heavy atom. The molecule has 156 valence electrons. The lowest BCUT2D eigenvalue weighted by Crippen LogP contribution is -2.34. The number of thiophene rings is 1. The molecule has 1 aromatic heterocycles. The van der Waals surface area contributed by atoms with Gasteiger partial charge in [-0.2, -0.15) is 0 Å². The van der Waals surface area contributed by atoms with E-state index < -0.39 is 5.97 Å². The molecule has 3 heterocycles. The fourth-order valence-corrected chi connectivity index (χ4v) is 4.56. The molecule has 2 aromatic rings. The van der Waals surface area contributed by atoms with Gasteiger partial charge in [0.25, 0.3) is 11.8 Å². The Bertz CT molecular complexity index is 990. The Hall–Kier alpha value is -2.93. The zero-order chi connectivity index (χ0) is 21.1. The molecule has 0 aliphatic carbocycles. The van der Waals surface area contributed by atoms with Gasteiger partial charge in [0.15, 0.2) is 0 Å². The van der Waals surface area contributed by atoms with E-state index >= 15 is 0 Å². The normalized spacial score (nSPS) is 16.7. The zero-order valence-corrected chi connectivity index (χ0v) is 17.7. The maximum absolute atomic E-state index is 13.4. The number of carbonyl (C=O) groups excluding carboxylic acids is 3. The molecule has 1 saturated heterocycles. The van der Waals surface area contributed by atoms with Crippen molar-refractivity contribution < 1.29 is 19.1 Å². The number of carbonyl (C=O) groups is 3. The number of hydrogen-bond acceptors (Lipinski definition) is 6. The third-order valence-corrected chi connectivity index (χ3v) is 6.21. The number of esters is 1. The molecular formula is C23H24N2O4S. The van der Waals surface area contributed by atoms with E-state index in [-0.39, 0.29) is 11.8 Å². The molecule has 2 amide bonds. The average molecular weight is 425 g/mol. The number of ether oxygens (including phenoxy) is 1. The van der Waals surface area contributed by atoms with E-state index in [1.54, 1.807) is 24.3 Å².